The summed E-state index contributed by atoms with van der Waals surface area (Å²) in [6.07, 6.45) is 4.83. The second kappa shape index (κ2) is 6.20. The van der Waals surface area contributed by atoms with Gasteiger partial charge < -0.3 is 10.4 Å². The lowest BCUT2D eigenvalue weighted by Crippen LogP contribution is -2.17. The third-order valence-corrected chi connectivity index (χ3v) is 5.28. The zero-order chi connectivity index (χ0) is 14.0. The lowest BCUT2D eigenvalue weighted by atomic mass is 9.99. The number of thioether (sulfide) groups is 2. The minimum absolute atomic E-state index is 0.162. The summed E-state index contributed by atoms with van der Waals surface area (Å²) in [5.41, 5.74) is 2.53. The maximum atomic E-state index is 11.1. The van der Waals surface area contributed by atoms with E-state index < -0.39 is 5.97 Å². The number of rotatable bonds is 4. The Labute approximate surface area is 122 Å². The minimum atomic E-state index is -0.696. The number of hydrogen-bond acceptors (Lipinski definition) is 4. The molecule has 19 heavy (non-hydrogen) atoms. The topological polar surface area (TPSA) is 49.3 Å². The first-order chi connectivity index (χ1) is 9.06. The van der Waals surface area contributed by atoms with Gasteiger partial charge in [-0.15, -0.1) is 23.5 Å². The summed E-state index contributed by atoms with van der Waals surface area (Å²) in [6, 6.07) is 4.59. The van der Waals surface area contributed by atoms with Gasteiger partial charge in [-0.25, -0.2) is 0 Å². The van der Waals surface area contributed by atoms with Gasteiger partial charge in [-0.3, -0.25) is 4.79 Å². The summed E-state index contributed by atoms with van der Waals surface area (Å²) in [6.45, 7) is 2.69. The predicted molar refractivity (Wildman–Crippen MR) is 81.2 cm³/mol. The van der Waals surface area contributed by atoms with Crippen molar-refractivity contribution in [2.75, 3.05) is 19.1 Å². The van der Waals surface area contributed by atoms with Crippen LogP contribution in [0.4, 0.5) is 0 Å². The van der Waals surface area contributed by atoms with Crippen LogP contribution in [0.15, 0.2) is 21.9 Å². The van der Waals surface area contributed by atoms with E-state index in [1.165, 1.54) is 20.9 Å². The van der Waals surface area contributed by atoms with Crippen LogP contribution in [-0.4, -0.2) is 30.1 Å². The molecule has 1 aromatic rings. The average molecular weight is 297 g/mol. The maximum Gasteiger partial charge on any atom is 0.307 e. The summed E-state index contributed by atoms with van der Waals surface area (Å²) in [5, 5.41) is 12.4. The number of aliphatic carboxylic acids is 1. The monoisotopic (exact) mass is 297 g/mol. The normalized spacial score (nSPS) is 22.7. The first kappa shape index (κ1) is 14.8. The molecule has 2 unspecified atom stereocenters. The highest BCUT2D eigenvalue weighted by atomic mass is 32.2. The smallest absolute Gasteiger partial charge is 0.307 e. The Morgan fingerprint density at radius 3 is 2.53 bits per heavy atom. The Bertz CT molecular complexity index is 491. The fourth-order valence-corrected chi connectivity index (χ4v) is 3.86. The van der Waals surface area contributed by atoms with E-state index in [0.717, 1.165) is 0 Å². The van der Waals surface area contributed by atoms with Crippen LogP contribution in [0, 0.1) is 12.8 Å². The first-order valence-electron chi connectivity index (χ1n) is 6.25. The summed E-state index contributed by atoms with van der Waals surface area (Å²) >= 11 is 3.47. The van der Waals surface area contributed by atoms with Gasteiger partial charge in [-0.1, -0.05) is 0 Å². The maximum absolute atomic E-state index is 11.1. The van der Waals surface area contributed by atoms with Crippen molar-refractivity contribution in [3.63, 3.8) is 0 Å². The third kappa shape index (κ3) is 3.09. The van der Waals surface area contributed by atoms with Gasteiger partial charge in [0.15, 0.2) is 0 Å². The van der Waals surface area contributed by atoms with Gasteiger partial charge in [0.2, 0.25) is 0 Å². The van der Waals surface area contributed by atoms with E-state index in [9.17, 15) is 4.79 Å². The van der Waals surface area contributed by atoms with Crippen molar-refractivity contribution in [3.8, 4) is 0 Å². The molecule has 2 N–H and O–H groups in total. The van der Waals surface area contributed by atoms with Crippen molar-refractivity contribution in [1.82, 2.24) is 5.32 Å². The molecule has 0 saturated carbocycles. The van der Waals surface area contributed by atoms with Crippen LogP contribution in [0.5, 0.6) is 0 Å². The Morgan fingerprint density at radius 1 is 1.32 bits per heavy atom. The largest absolute Gasteiger partial charge is 0.481 e. The van der Waals surface area contributed by atoms with Crippen LogP contribution in [0.2, 0.25) is 0 Å². The van der Waals surface area contributed by atoms with Crippen LogP contribution in [0.3, 0.4) is 0 Å². The van der Waals surface area contributed by atoms with Crippen LogP contribution in [0.25, 0.3) is 0 Å². The Morgan fingerprint density at radius 2 is 2.00 bits per heavy atom. The Kier molecular flexibility index (Phi) is 4.81. The molecule has 104 valence electrons. The van der Waals surface area contributed by atoms with Crippen molar-refractivity contribution in [2.45, 2.75) is 29.2 Å². The van der Waals surface area contributed by atoms with E-state index in [0.29, 0.717) is 13.0 Å². The minimum Gasteiger partial charge on any atom is -0.481 e. The molecule has 0 aliphatic carbocycles. The number of hydrogen-bond donors (Lipinski definition) is 2. The summed E-state index contributed by atoms with van der Waals surface area (Å²) in [5.74, 6) is -0.961. The standard InChI is InChI=1S/C14H19NO2S2/c1-8-4-13(19-3)10(6-12(8)18-2)11-5-9(7-15-11)14(16)17/h4,6,9,11,15H,5,7H2,1-3H3,(H,16,17). The van der Waals surface area contributed by atoms with Crippen molar-refractivity contribution < 1.29 is 9.90 Å². The van der Waals surface area contributed by atoms with Gasteiger partial charge in [0.25, 0.3) is 0 Å². The molecule has 2 atom stereocenters. The number of carboxylic acids is 1. The van der Waals surface area contributed by atoms with E-state index >= 15 is 0 Å². The number of nitrogens with one attached hydrogen (secondary N) is 1. The van der Waals surface area contributed by atoms with Crippen LogP contribution in [-0.2, 0) is 4.79 Å². The third-order valence-electron chi connectivity index (χ3n) is 3.60. The zero-order valence-corrected chi connectivity index (χ0v) is 13.0. The molecule has 0 bridgehead atoms. The summed E-state index contributed by atoms with van der Waals surface area (Å²) in [4.78, 5) is 13.6. The summed E-state index contributed by atoms with van der Waals surface area (Å²) in [7, 11) is 0. The number of carboxylic acid groups (broad SMARTS) is 1. The van der Waals surface area contributed by atoms with Crippen molar-refractivity contribution in [1.29, 1.82) is 0 Å². The lowest BCUT2D eigenvalue weighted by molar-refractivity contribution is -0.141. The molecule has 3 nitrogen and oxygen atoms in total. The van der Waals surface area contributed by atoms with E-state index in [1.807, 2.05) is 0 Å². The molecular weight excluding hydrogens is 278 g/mol. The fourth-order valence-electron chi connectivity index (χ4n) is 2.51. The molecule has 0 radical (unpaired) electrons. The molecule has 0 amide bonds. The number of carbonyl (C=O) groups is 1. The van der Waals surface area contributed by atoms with Crippen LogP contribution >= 0.6 is 23.5 Å². The molecule has 0 aromatic heterocycles. The molecule has 1 saturated heterocycles. The van der Waals surface area contributed by atoms with Gasteiger partial charge >= 0.3 is 5.97 Å². The second-order valence-electron chi connectivity index (χ2n) is 4.80. The molecule has 0 spiro atoms. The second-order valence-corrected chi connectivity index (χ2v) is 6.49. The first-order valence-corrected chi connectivity index (χ1v) is 8.70. The van der Waals surface area contributed by atoms with Gasteiger partial charge in [0, 0.05) is 22.4 Å². The van der Waals surface area contributed by atoms with Crippen molar-refractivity contribution in [2.24, 2.45) is 5.92 Å². The molecule has 1 aliphatic rings. The summed E-state index contributed by atoms with van der Waals surface area (Å²) < 4.78 is 0. The van der Waals surface area contributed by atoms with Gasteiger partial charge in [0.1, 0.15) is 0 Å². The van der Waals surface area contributed by atoms with Crippen molar-refractivity contribution in [3.05, 3.63) is 23.3 Å². The van der Waals surface area contributed by atoms with E-state index in [2.05, 4.69) is 36.9 Å². The molecule has 1 heterocycles. The quantitative estimate of drug-likeness (QED) is 0.836. The van der Waals surface area contributed by atoms with Gasteiger partial charge in [-0.05, 0) is 49.1 Å². The van der Waals surface area contributed by atoms with Gasteiger partial charge in [0.05, 0.1) is 5.92 Å². The lowest BCUT2D eigenvalue weighted by Gasteiger charge is -2.17. The molecule has 5 heteroatoms. The van der Waals surface area contributed by atoms with Crippen LogP contribution in [0.1, 0.15) is 23.6 Å². The molecule has 2 rings (SSSR count). The SMILES string of the molecule is CSc1cc(C2CC(C(=O)O)CN2)c(SC)cc1C. The van der Waals surface area contributed by atoms with E-state index in [4.69, 9.17) is 5.11 Å². The molecular formula is C14H19NO2S2. The molecule has 1 aromatic carbocycles. The highest BCUT2D eigenvalue weighted by molar-refractivity contribution is 7.99. The Balaban J connectivity index is 2.31. The van der Waals surface area contributed by atoms with E-state index in [1.54, 1.807) is 23.5 Å². The highest BCUT2D eigenvalue weighted by Gasteiger charge is 2.31. The van der Waals surface area contributed by atoms with Crippen LogP contribution < -0.4 is 5.32 Å². The highest BCUT2D eigenvalue weighted by Crippen LogP contribution is 2.37. The fraction of sp³-hybridized carbons (Fsp3) is 0.500. The number of benzene rings is 1. The van der Waals surface area contributed by atoms with Crippen molar-refractivity contribution >= 4 is 29.5 Å². The van der Waals surface area contributed by atoms with E-state index in [-0.39, 0.29) is 12.0 Å². The average Bonchev–Trinajstić information content (AvgIpc) is 2.88. The molecule has 1 fully saturated rings. The predicted octanol–water partition coefficient (Wildman–Crippen LogP) is 3.17. The van der Waals surface area contributed by atoms with Gasteiger partial charge in [-0.2, -0.15) is 0 Å². The zero-order valence-electron chi connectivity index (χ0n) is 11.4. The Hall–Kier alpha value is -0.650. The molecule has 1 aliphatic heterocycles. The number of aryl methyl sites for hydroxylation is 1.